The van der Waals surface area contributed by atoms with E-state index in [9.17, 15) is 4.39 Å². The van der Waals surface area contributed by atoms with Gasteiger partial charge in [-0.05, 0) is 40.1 Å². The van der Waals surface area contributed by atoms with E-state index >= 15 is 0 Å². The number of nitrogens with zero attached hydrogens (tertiary/aromatic N) is 6. The van der Waals surface area contributed by atoms with Crippen molar-refractivity contribution in [2.24, 2.45) is 0 Å². The molecule has 0 amide bonds. The first-order valence-electron chi connectivity index (χ1n) is 10.2. The van der Waals surface area contributed by atoms with Gasteiger partial charge in [0.25, 0.3) is 0 Å². The minimum Gasteiger partial charge on any atom is -0.297 e. The lowest BCUT2D eigenvalue weighted by Crippen LogP contribution is -2.47. The summed E-state index contributed by atoms with van der Waals surface area (Å²) in [4.78, 5) is 4.98. The Bertz CT molecular complexity index is 887. The predicted molar refractivity (Wildman–Crippen MR) is 110 cm³/mol. The third-order valence-corrected chi connectivity index (χ3v) is 5.59. The summed E-state index contributed by atoms with van der Waals surface area (Å²) in [6.07, 6.45) is 0.947. The molecule has 0 spiro atoms. The molecule has 1 aromatic heterocycles. The number of halogens is 1. The number of piperazine rings is 1. The number of hydrogen-bond donors (Lipinski definition) is 0. The Balaban J connectivity index is 1.40. The minimum atomic E-state index is -0.231. The summed E-state index contributed by atoms with van der Waals surface area (Å²) in [5.74, 6) is 0.652. The summed E-state index contributed by atoms with van der Waals surface area (Å²) < 4.78 is 15.0. The van der Waals surface area contributed by atoms with Gasteiger partial charge in [0, 0.05) is 32.7 Å². The van der Waals surface area contributed by atoms with Crippen LogP contribution in [0.5, 0.6) is 0 Å². The molecule has 6 nitrogen and oxygen atoms in total. The second-order valence-electron chi connectivity index (χ2n) is 7.54. The molecule has 29 heavy (non-hydrogen) atoms. The van der Waals surface area contributed by atoms with Crippen molar-refractivity contribution in [3.8, 4) is 0 Å². The summed E-state index contributed by atoms with van der Waals surface area (Å²) in [6.45, 7) is 7.78. The number of tetrazole rings is 1. The van der Waals surface area contributed by atoms with Crippen molar-refractivity contribution in [1.82, 2.24) is 30.0 Å². The Morgan fingerprint density at radius 2 is 1.59 bits per heavy atom. The molecule has 0 radical (unpaired) electrons. The van der Waals surface area contributed by atoms with Crippen LogP contribution in [0.15, 0.2) is 54.6 Å². The lowest BCUT2D eigenvalue weighted by atomic mass is 10.1. The van der Waals surface area contributed by atoms with Gasteiger partial charge in [0.15, 0.2) is 5.82 Å². The van der Waals surface area contributed by atoms with Crippen molar-refractivity contribution in [1.29, 1.82) is 0 Å². The molecule has 0 bridgehead atoms. The molecule has 1 aliphatic heterocycles. The van der Waals surface area contributed by atoms with E-state index in [0.29, 0.717) is 6.54 Å². The Morgan fingerprint density at radius 1 is 0.897 bits per heavy atom. The Labute approximate surface area is 170 Å². The van der Waals surface area contributed by atoms with Gasteiger partial charge in [-0.15, -0.1) is 5.10 Å². The number of benzene rings is 2. The molecule has 152 valence electrons. The molecule has 0 aliphatic carbocycles. The van der Waals surface area contributed by atoms with Gasteiger partial charge in [0.05, 0.1) is 12.6 Å². The van der Waals surface area contributed by atoms with Crippen molar-refractivity contribution in [3.05, 3.63) is 77.4 Å². The largest absolute Gasteiger partial charge is 0.297 e. The maximum atomic E-state index is 13.2. The van der Waals surface area contributed by atoms with Crippen molar-refractivity contribution >= 4 is 0 Å². The molecule has 3 aromatic rings. The van der Waals surface area contributed by atoms with E-state index in [-0.39, 0.29) is 11.9 Å². The van der Waals surface area contributed by atoms with Crippen molar-refractivity contribution in [3.63, 3.8) is 0 Å². The van der Waals surface area contributed by atoms with Crippen LogP contribution in [0.1, 0.15) is 36.3 Å². The van der Waals surface area contributed by atoms with Gasteiger partial charge in [-0.1, -0.05) is 49.4 Å². The zero-order valence-corrected chi connectivity index (χ0v) is 16.8. The van der Waals surface area contributed by atoms with Gasteiger partial charge in [-0.2, -0.15) is 0 Å². The van der Waals surface area contributed by atoms with Crippen LogP contribution in [0.3, 0.4) is 0 Å². The summed E-state index contributed by atoms with van der Waals surface area (Å²) in [5.41, 5.74) is 2.35. The lowest BCUT2D eigenvalue weighted by molar-refractivity contribution is 0.0844. The van der Waals surface area contributed by atoms with Crippen LogP contribution in [-0.4, -0.2) is 56.2 Å². The summed E-state index contributed by atoms with van der Waals surface area (Å²) >= 11 is 0. The number of aromatic nitrogens is 4. The van der Waals surface area contributed by atoms with Crippen molar-refractivity contribution in [2.75, 3.05) is 26.2 Å². The first-order chi connectivity index (χ1) is 14.2. The molecule has 2 heterocycles. The van der Waals surface area contributed by atoms with Gasteiger partial charge in [0.2, 0.25) is 0 Å². The molecule has 4 rings (SSSR count). The molecule has 1 fully saturated rings. The summed E-state index contributed by atoms with van der Waals surface area (Å²) in [7, 11) is 0. The first-order valence-corrected chi connectivity index (χ1v) is 10.2. The molecule has 0 saturated carbocycles. The SMILES string of the molecule is CC[C@@H](c1nnnn1Cc1ccc(F)cc1)N1CCN(Cc2ccccc2)CC1. The first kappa shape index (κ1) is 19.7. The molecule has 1 saturated heterocycles. The fourth-order valence-corrected chi connectivity index (χ4v) is 4.00. The van der Waals surface area contributed by atoms with Crippen molar-refractivity contribution < 1.29 is 4.39 Å². The smallest absolute Gasteiger partial charge is 0.168 e. The zero-order chi connectivity index (χ0) is 20.1. The minimum absolute atomic E-state index is 0.185. The average molecular weight is 394 g/mol. The molecular formula is C22H27FN6. The molecular weight excluding hydrogens is 367 g/mol. The van der Waals surface area contributed by atoms with Gasteiger partial charge >= 0.3 is 0 Å². The molecule has 1 atom stereocenters. The highest BCUT2D eigenvalue weighted by atomic mass is 19.1. The topological polar surface area (TPSA) is 50.1 Å². The van der Waals surface area contributed by atoms with Crippen LogP contribution < -0.4 is 0 Å². The van der Waals surface area contributed by atoms with E-state index in [2.05, 4.69) is 62.6 Å². The van der Waals surface area contributed by atoms with Crippen LogP contribution in [0.25, 0.3) is 0 Å². The molecule has 7 heteroatoms. The fourth-order valence-electron chi connectivity index (χ4n) is 4.00. The van der Waals surface area contributed by atoms with E-state index in [1.54, 1.807) is 12.1 Å². The second-order valence-corrected chi connectivity index (χ2v) is 7.54. The summed E-state index contributed by atoms with van der Waals surface area (Å²) in [5, 5.41) is 12.5. The third-order valence-electron chi connectivity index (χ3n) is 5.59. The van der Waals surface area contributed by atoms with Crippen molar-refractivity contribution in [2.45, 2.75) is 32.5 Å². The highest BCUT2D eigenvalue weighted by Gasteiger charge is 2.27. The summed E-state index contributed by atoms with van der Waals surface area (Å²) in [6, 6.07) is 17.3. The molecule has 0 unspecified atom stereocenters. The van der Waals surface area contributed by atoms with Crippen LogP contribution in [0.2, 0.25) is 0 Å². The van der Waals surface area contributed by atoms with Crippen LogP contribution >= 0.6 is 0 Å². The van der Waals surface area contributed by atoms with Gasteiger partial charge < -0.3 is 0 Å². The fraction of sp³-hybridized carbons (Fsp3) is 0.409. The zero-order valence-electron chi connectivity index (χ0n) is 16.8. The Kier molecular flexibility index (Phi) is 6.27. The van der Waals surface area contributed by atoms with E-state index in [1.807, 2.05) is 4.68 Å². The van der Waals surface area contributed by atoms with Gasteiger partial charge in [0.1, 0.15) is 5.82 Å². The van der Waals surface area contributed by atoms with E-state index < -0.39 is 0 Å². The van der Waals surface area contributed by atoms with E-state index in [1.165, 1.54) is 17.7 Å². The third kappa shape index (κ3) is 4.86. The monoisotopic (exact) mass is 394 g/mol. The molecule has 0 N–H and O–H groups in total. The quantitative estimate of drug-likeness (QED) is 0.616. The highest BCUT2D eigenvalue weighted by Crippen LogP contribution is 2.24. The van der Waals surface area contributed by atoms with E-state index in [0.717, 1.165) is 50.5 Å². The van der Waals surface area contributed by atoms with Crippen LogP contribution in [0, 0.1) is 5.82 Å². The highest BCUT2D eigenvalue weighted by molar-refractivity contribution is 5.17. The predicted octanol–water partition coefficient (Wildman–Crippen LogP) is 3.13. The second kappa shape index (κ2) is 9.24. The lowest BCUT2D eigenvalue weighted by Gasteiger charge is -2.38. The Hall–Kier alpha value is -2.64. The number of rotatable bonds is 7. The molecule has 2 aromatic carbocycles. The van der Waals surface area contributed by atoms with Gasteiger partial charge in [-0.3, -0.25) is 9.80 Å². The maximum absolute atomic E-state index is 13.2. The number of hydrogen-bond acceptors (Lipinski definition) is 5. The normalized spacial score (nSPS) is 16.8. The van der Waals surface area contributed by atoms with Gasteiger partial charge in [-0.25, -0.2) is 9.07 Å². The molecule has 1 aliphatic rings. The van der Waals surface area contributed by atoms with Crippen LogP contribution in [-0.2, 0) is 13.1 Å². The van der Waals surface area contributed by atoms with E-state index in [4.69, 9.17) is 0 Å². The van der Waals surface area contributed by atoms with Crippen LogP contribution in [0.4, 0.5) is 4.39 Å². The maximum Gasteiger partial charge on any atom is 0.168 e. The Morgan fingerprint density at radius 3 is 2.28 bits per heavy atom. The average Bonchev–Trinajstić information content (AvgIpc) is 3.20. The standard InChI is InChI=1S/C22H27FN6/c1-2-21(22-24-25-26-29(22)17-19-8-10-20(23)11-9-19)28-14-12-27(13-15-28)16-18-6-4-3-5-7-18/h3-11,21H,2,12-17H2,1H3/t21-/m0/s1.